The second-order valence-corrected chi connectivity index (χ2v) is 6.33. The Bertz CT molecular complexity index is 389. The van der Waals surface area contributed by atoms with Crippen molar-refractivity contribution in [3.8, 4) is 5.75 Å². The van der Waals surface area contributed by atoms with Crippen LogP contribution in [0.2, 0.25) is 0 Å². The third-order valence-corrected chi connectivity index (χ3v) is 5.26. The monoisotopic (exact) mass is 375 g/mol. The maximum absolute atomic E-state index is 5.29. The first-order valence-corrected chi connectivity index (χ1v) is 8.25. The van der Waals surface area contributed by atoms with E-state index in [0.29, 0.717) is 0 Å². The van der Waals surface area contributed by atoms with Crippen LogP contribution in [0.4, 0.5) is 0 Å². The van der Waals surface area contributed by atoms with Gasteiger partial charge in [-0.05, 0) is 55.6 Å². The van der Waals surface area contributed by atoms with Crippen LogP contribution < -0.4 is 4.74 Å². The molecule has 1 aromatic rings. The normalized spacial score (nSPS) is 17.9. The minimum Gasteiger partial charge on any atom is -0.497 e. The van der Waals surface area contributed by atoms with E-state index in [1.165, 1.54) is 36.0 Å². The minimum absolute atomic E-state index is 0.856. The third kappa shape index (κ3) is 3.72. The molecule has 0 aromatic heterocycles. The highest BCUT2D eigenvalue weighted by atomic mass is 79.9. The summed E-state index contributed by atoms with van der Waals surface area (Å²) >= 11 is 7.21. The molecule has 100 valence electrons. The van der Waals surface area contributed by atoms with Crippen LogP contribution in [0.25, 0.3) is 0 Å². The molecule has 2 rings (SSSR count). The molecule has 0 radical (unpaired) electrons. The van der Waals surface area contributed by atoms with Crippen LogP contribution in [-0.4, -0.2) is 30.4 Å². The van der Waals surface area contributed by atoms with E-state index >= 15 is 0 Å². The first-order valence-electron chi connectivity index (χ1n) is 6.33. The summed E-state index contributed by atoms with van der Waals surface area (Å²) in [5, 5.41) is 1.14. The van der Waals surface area contributed by atoms with Gasteiger partial charge < -0.3 is 4.74 Å². The van der Waals surface area contributed by atoms with E-state index in [4.69, 9.17) is 4.74 Å². The Morgan fingerprint density at radius 2 is 2.06 bits per heavy atom. The predicted molar refractivity (Wildman–Crippen MR) is 82.5 cm³/mol. The molecule has 1 saturated heterocycles. The van der Waals surface area contributed by atoms with E-state index in [-0.39, 0.29) is 0 Å². The lowest BCUT2D eigenvalue weighted by molar-refractivity contribution is 0.187. The van der Waals surface area contributed by atoms with Gasteiger partial charge in [0.15, 0.2) is 0 Å². The lowest BCUT2D eigenvalue weighted by Crippen LogP contribution is -2.33. The molecule has 2 nitrogen and oxygen atoms in total. The van der Waals surface area contributed by atoms with Gasteiger partial charge in [0.05, 0.1) is 7.11 Å². The summed E-state index contributed by atoms with van der Waals surface area (Å²) in [5.41, 5.74) is 1.31. The lowest BCUT2D eigenvalue weighted by Gasteiger charge is -2.31. The Morgan fingerprint density at radius 1 is 1.33 bits per heavy atom. The number of hydrogen-bond donors (Lipinski definition) is 0. The summed E-state index contributed by atoms with van der Waals surface area (Å²) in [6, 6.07) is 6.19. The second kappa shape index (κ2) is 6.92. The summed E-state index contributed by atoms with van der Waals surface area (Å²) in [5.74, 6) is 1.79. The van der Waals surface area contributed by atoms with Crippen LogP contribution in [0.1, 0.15) is 18.4 Å². The van der Waals surface area contributed by atoms with Crippen LogP contribution in [-0.2, 0) is 6.54 Å². The topological polar surface area (TPSA) is 12.5 Å². The van der Waals surface area contributed by atoms with Crippen molar-refractivity contribution in [2.24, 2.45) is 5.92 Å². The zero-order chi connectivity index (χ0) is 13.0. The van der Waals surface area contributed by atoms with Gasteiger partial charge in [0.25, 0.3) is 0 Å². The van der Waals surface area contributed by atoms with Crippen molar-refractivity contribution in [2.45, 2.75) is 19.4 Å². The molecule has 0 atom stereocenters. The summed E-state index contributed by atoms with van der Waals surface area (Å²) < 4.78 is 6.46. The molecule has 0 spiro atoms. The molecule has 1 fully saturated rings. The fraction of sp³-hybridized carbons (Fsp3) is 0.571. The molecule has 1 heterocycles. The molecular weight excluding hydrogens is 358 g/mol. The second-order valence-electron chi connectivity index (χ2n) is 4.83. The highest BCUT2D eigenvalue weighted by Gasteiger charge is 2.18. The summed E-state index contributed by atoms with van der Waals surface area (Å²) in [4.78, 5) is 2.53. The number of hydrogen-bond acceptors (Lipinski definition) is 2. The van der Waals surface area contributed by atoms with Crippen LogP contribution in [0.5, 0.6) is 5.75 Å². The molecule has 0 N–H and O–H groups in total. The number of alkyl halides is 1. The van der Waals surface area contributed by atoms with Gasteiger partial charge >= 0.3 is 0 Å². The summed E-state index contributed by atoms with van der Waals surface area (Å²) in [6.07, 6.45) is 2.60. The number of benzene rings is 1. The minimum atomic E-state index is 0.856. The molecule has 0 saturated carbocycles. The maximum atomic E-state index is 5.29. The van der Waals surface area contributed by atoms with Crippen molar-refractivity contribution in [1.29, 1.82) is 0 Å². The Morgan fingerprint density at radius 3 is 2.67 bits per heavy atom. The average Bonchev–Trinajstić information content (AvgIpc) is 2.42. The largest absolute Gasteiger partial charge is 0.497 e. The number of ether oxygens (including phenoxy) is 1. The van der Waals surface area contributed by atoms with E-state index < -0.39 is 0 Å². The molecule has 4 heteroatoms. The predicted octanol–water partition coefficient (Wildman–Crippen LogP) is 4.06. The van der Waals surface area contributed by atoms with Gasteiger partial charge in [-0.2, -0.15) is 0 Å². The number of rotatable bonds is 4. The van der Waals surface area contributed by atoms with Gasteiger partial charge in [-0.15, -0.1) is 0 Å². The van der Waals surface area contributed by atoms with Crippen molar-refractivity contribution in [1.82, 2.24) is 4.90 Å². The molecular formula is C14H19Br2NO. The first kappa shape index (κ1) is 14.4. The van der Waals surface area contributed by atoms with Gasteiger partial charge in [0, 0.05) is 16.3 Å². The Labute approximate surface area is 126 Å². The van der Waals surface area contributed by atoms with Gasteiger partial charge in [-0.3, -0.25) is 4.90 Å². The number of likely N-dealkylation sites (tertiary alicyclic amines) is 1. The summed E-state index contributed by atoms with van der Waals surface area (Å²) in [7, 11) is 1.72. The van der Waals surface area contributed by atoms with Crippen LogP contribution in [0.15, 0.2) is 22.7 Å². The number of nitrogens with zero attached hydrogens (tertiary/aromatic N) is 1. The first-order chi connectivity index (χ1) is 8.72. The molecule has 1 aliphatic rings. The SMILES string of the molecule is COc1ccc(Br)c(CN2CCC(CBr)CC2)c1. The zero-order valence-corrected chi connectivity index (χ0v) is 13.8. The van der Waals surface area contributed by atoms with Gasteiger partial charge in [0.1, 0.15) is 5.75 Å². The lowest BCUT2D eigenvalue weighted by atomic mass is 9.99. The number of piperidine rings is 1. The van der Waals surface area contributed by atoms with Crippen molar-refractivity contribution in [2.75, 3.05) is 25.5 Å². The highest BCUT2D eigenvalue weighted by molar-refractivity contribution is 9.10. The molecule has 18 heavy (non-hydrogen) atoms. The van der Waals surface area contributed by atoms with E-state index in [0.717, 1.165) is 23.5 Å². The Kier molecular flexibility index (Phi) is 5.52. The Balaban J connectivity index is 1.97. The smallest absolute Gasteiger partial charge is 0.119 e. The highest BCUT2D eigenvalue weighted by Crippen LogP contribution is 2.26. The van der Waals surface area contributed by atoms with Crippen molar-refractivity contribution in [3.63, 3.8) is 0 Å². The Hall–Kier alpha value is -0.0600. The third-order valence-electron chi connectivity index (χ3n) is 3.57. The van der Waals surface area contributed by atoms with E-state index in [9.17, 15) is 0 Å². The van der Waals surface area contributed by atoms with E-state index in [2.05, 4.69) is 48.9 Å². The molecule has 0 aliphatic carbocycles. The number of halogens is 2. The summed E-state index contributed by atoms with van der Waals surface area (Å²) in [6.45, 7) is 3.40. The molecule has 0 bridgehead atoms. The quantitative estimate of drug-likeness (QED) is 0.734. The van der Waals surface area contributed by atoms with Gasteiger partial charge in [0.2, 0.25) is 0 Å². The maximum Gasteiger partial charge on any atom is 0.119 e. The standard InChI is InChI=1S/C14H19Br2NO/c1-18-13-2-3-14(16)12(8-13)10-17-6-4-11(9-15)5-7-17/h2-3,8,11H,4-7,9-10H2,1H3. The zero-order valence-electron chi connectivity index (χ0n) is 10.7. The van der Waals surface area contributed by atoms with E-state index in [1.807, 2.05) is 6.07 Å². The van der Waals surface area contributed by atoms with Crippen molar-refractivity contribution in [3.05, 3.63) is 28.2 Å². The molecule has 0 amide bonds. The molecule has 1 aromatic carbocycles. The van der Waals surface area contributed by atoms with Gasteiger partial charge in [-0.1, -0.05) is 31.9 Å². The molecule has 0 unspecified atom stereocenters. The van der Waals surface area contributed by atoms with Crippen molar-refractivity contribution >= 4 is 31.9 Å². The van der Waals surface area contributed by atoms with Crippen LogP contribution >= 0.6 is 31.9 Å². The fourth-order valence-corrected chi connectivity index (χ4v) is 3.36. The van der Waals surface area contributed by atoms with Gasteiger partial charge in [-0.25, -0.2) is 0 Å². The molecule has 1 aliphatic heterocycles. The fourth-order valence-electron chi connectivity index (χ4n) is 2.34. The number of methoxy groups -OCH3 is 1. The van der Waals surface area contributed by atoms with Crippen molar-refractivity contribution < 1.29 is 4.74 Å². The van der Waals surface area contributed by atoms with E-state index in [1.54, 1.807) is 7.11 Å². The van der Waals surface area contributed by atoms with Crippen LogP contribution in [0, 0.1) is 5.92 Å². The van der Waals surface area contributed by atoms with Crippen LogP contribution in [0.3, 0.4) is 0 Å². The average molecular weight is 377 g/mol.